The number of aliphatic carboxylic acids is 1. The Kier molecular flexibility index (Phi) is 3.21. The lowest BCUT2D eigenvalue weighted by molar-refractivity contribution is -0.142. The van der Waals surface area contributed by atoms with Crippen molar-refractivity contribution < 1.29 is 9.90 Å². The average molecular weight is 269 g/mol. The maximum atomic E-state index is 11.2. The molecule has 98 valence electrons. The minimum atomic E-state index is -0.757. The van der Waals surface area contributed by atoms with Crippen LogP contribution in [0.15, 0.2) is 0 Å². The summed E-state index contributed by atoms with van der Waals surface area (Å²) in [4.78, 5) is 13.2. The van der Waals surface area contributed by atoms with E-state index in [1.165, 1.54) is 0 Å². The molecule has 7 nitrogen and oxygen atoms in total. The van der Waals surface area contributed by atoms with Gasteiger partial charge in [0, 0.05) is 18.1 Å². The number of carboxylic acids is 1. The standard InChI is InChI=1S/C10H15N5O2S/c16-10(17)8-6-18-4-3-14(8)5-9-11-12-13-15(9)7-1-2-7/h7-8H,1-6H2,(H,16,17). The molecule has 1 atom stereocenters. The van der Waals surface area contributed by atoms with Crippen molar-refractivity contribution in [1.29, 1.82) is 0 Å². The molecule has 1 N–H and O–H groups in total. The quantitative estimate of drug-likeness (QED) is 0.824. The molecule has 0 spiro atoms. The van der Waals surface area contributed by atoms with E-state index in [0.717, 1.165) is 31.0 Å². The molecule has 1 aliphatic carbocycles. The molecule has 0 aromatic carbocycles. The van der Waals surface area contributed by atoms with Crippen molar-refractivity contribution in [3.63, 3.8) is 0 Å². The van der Waals surface area contributed by atoms with E-state index in [-0.39, 0.29) is 0 Å². The highest BCUT2D eigenvalue weighted by atomic mass is 32.2. The van der Waals surface area contributed by atoms with Crippen LogP contribution in [-0.4, -0.2) is 60.3 Å². The van der Waals surface area contributed by atoms with Crippen LogP contribution in [0.4, 0.5) is 0 Å². The van der Waals surface area contributed by atoms with E-state index >= 15 is 0 Å². The molecular formula is C10H15N5O2S. The summed E-state index contributed by atoms with van der Waals surface area (Å²) in [6.45, 7) is 1.31. The normalized spacial score (nSPS) is 25.2. The molecular weight excluding hydrogens is 254 g/mol. The van der Waals surface area contributed by atoms with Gasteiger partial charge >= 0.3 is 5.97 Å². The molecule has 8 heteroatoms. The molecule has 3 rings (SSSR count). The van der Waals surface area contributed by atoms with Crippen LogP contribution >= 0.6 is 11.8 Å². The fourth-order valence-corrected chi connectivity index (χ4v) is 3.26. The third-order valence-corrected chi connectivity index (χ3v) is 4.35. The number of rotatable bonds is 4. The maximum Gasteiger partial charge on any atom is 0.321 e. The molecule has 0 radical (unpaired) electrons. The van der Waals surface area contributed by atoms with E-state index in [9.17, 15) is 9.90 Å². The van der Waals surface area contributed by atoms with Crippen LogP contribution in [0, 0.1) is 0 Å². The zero-order chi connectivity index (χ0) is 12.5. The van der Waals surface area contributed by atoms with E-state index in [1.54, 1.807) is 11.8 Å². The van der Waals surface area contributed by atoms with Crippen molar-refractivity contribution in [2.45, 2.75) is 31.5 Å². The summed E-state index contributed by atoms with van der Waals surface area (Å²) in [5.74, 6) is 1.64. The van der Waals surface area contributed by atoms with E-state index in [1.807, 2.05) is 9.58 Å². The average Bonchev–Trinajstić information content (AvgIpc) is 3.11. The summed E-state index contributed by atoms with van der Waals surface area (Å²) in [6.07, 6.45) is 2.24. The first-order chi connectivity index (χ1) is 8.75. The number of tetrazole rings is 1. The van der Waals surface area contributed by atoms with Crippen LogP contribution in [0.5, 0.6) is 0 Å². The predicted molar refractivity (Wildman–Crippen MR) is 65.2 cm³/mol. The fourth-order valence-electron chi connectivity index (χ4n) is 2.16. The largest absolute Gasteiger partial charge is 0.480 e. The van der Waals surface area contributed by atoms with Gasteiger partial charge in [-0.1, -0.05) is 0 Å². The molecule has 2 heterocycles. The molecule has 1 aromatic rings. The zero-order valence-corrected chi connectivity index (χ0v) is 10.7. The number of nitrogens with zero attached hydrogens (tertiary/aromatic N) is 5. The Morgan fingerprint density at radius 3 is 3.06 bits per heavy atom. The summed E-state index contributed by atoms with van der Waals surface area (Å²) in [6, 6.07) is 0.00514. The van der Waals surface area contributed by atoms with Crippen LogP contribution in [0.25, 0.3) is 0 Å². The highest BCUT2D eigenvalue weighted by molar-refractivity contribution is 7.99. The van der Waals surface area contributed by atoms with Gasteiger partial charge in [0.15, 0.2) is 5.82 Å². The number of hydrogen-bond donors (Lipinski definition) is 1. The molecule has 2 aliphatic rings. The third kappa shape index (κ3) is 2.35. The number of hydrogen-bond acceptors (Lipinski definition) is 6. The molecule has 18 heavy (non-hydrogen) atoms. The van der Waals surface area contributed by atoms with Crippen molar-refractivity contribution in [2.75, 3.05) is 18.1 Å². The smallest absolute Gasteiger partial charge is 0.321 e. The monoisotopic (exact) mass is 269 g/mol. The third-order valence-electron chi connectivity index (χ3n) is 3.32. The van der Waals surface area contributed by atoms with E-state index in [0.29, 0.717) is 18.3 Å². The first-order valence-electron chi connectivity index (χ1n) is 6.07. The van der Waals surface area contributed by atoms with E-state index in [4.69, 9.17) is 0 Å². The molecule has 1 aliphatic heterocycles. The number of carbonyl (C=O) groups is 1. The Balaban J connectivity index is 1.73. The van der Waals surface area contributed by atoms with Gasteiger partial charge in [-0.25, -0.2) is 4.68 Å². The van der Waals surface area contributed by atoms with Gasteiger partial charge in [-0.2, -0.15) is 11.8 Å². The van der Waals surface area contributed by atoms with Gasteiger partial charge in [0.05, 0.1) is 12.6 Å². The second-order valence-electron chi connectivity index (χ2n) is 4.67. The predicted octanol–water partition coefficient (Wildman–Crippen LogP) is 0.01000. The van der Waals surface area contributed by atoms with Crippen molar-refractivity contribution in [3.8, 4) is 0 Å². The van der Waals surface area contributed by atoms with Crippen LogP contribution in [0.2, 0.25) is 0 Å². The zero-order valence-electron chi connectivity index (χ0n) is 9.90. The fraction of sp³-hybridized carbons (Fsp3) is 0.800. The number of carboxylic acid groups (broad SMARTS) is 1. The maximum absolute atomic E-state index is 11.2. The second-order valence-corrected chi connectivity index (χ2v) is 5.82. The Bertz CT molecular complexity index is 447. The Morgan fingerprint density at radius 2 is 2.33 bits per heavy atom. The van der Waals surface area contributed by atoms with Gasteiger partial charge in [-0.3, -0.25) is 9.69 Å². The highest BCUT2D eigenvalue weighted by Gasteiger charge is 2.32. The first kappa shape index (κ1) is 11.9. The second kappa shape index (κ2) is 4.85. The summed E-state index contributed by atoms with van der Waals surface area (Å²) < 4.78 is 1.85. The van der Waals surface area contributed by atoms with Crippen LogP contribution in [0.1, 0.15) is 24.7 Å². The number of aromatic nitrogens is 4. The lowest BCUT2D eigenvalue weighted by Gasteiger charge is -2.31. The van der Waals surface area contributed by atoms with Crippen LogP contribution in [-0.2, 0) is 11.3 Å². The van der Waals surface area contributed by atoms with E-state index in [2.05, 4.69) is 15.5 Å². The minimum absolute atomic E-state index is 0.423. The highest BCUT2D eigenvalue weighted by Crippen LogP contribution is 2.34. The van der Waals surface area contributed by atoms with Gasteiger partial charge in [-0.15, -0.1) is 5.10 Å². The molecule has 1 aromatic heterocycles. The van der Waals surface area contributed by atoms with Crippen molar-refractivity contribution >= 4 is 17.7 Å². The molecule has 2 fully saturated rings. The molecule has 1 unspecified atom stereocenters. The van der Waals surface area contributed by atoms with E-state index < -0.39 is 12.0 Å². The van der Waals surface area contributed by atoms with Gasteiger partial charge in [0.1, 0.15) is 6.04 Å². The van der Waals surface area contributed by atoms with Crippen molar-refractivity contribution in [3.05, 3.63) is 5.82 Å². The summed E-state index contributed by atoms with van der Waals surface area (Å²) in [7, 11) is 0. The summed E-state index contributed by atoms with van der Waals surface area (Å²) in [5.41, 5.74) is 0. The van der Waals surface area contributed by atoms with Crippen LogP contribution in [0.3, 0.4) is 0 Å². The molecule has 1 saturated carbocycles. The Labute approximate surface area is 109 Å². The van der Waals surface area contributed by atoms with Gasteiger partial charge in [-0.05, 0) is 23.3 Å². The molecule has 0 amide bonds. The topological polar surface area (TPSA) is 84.1 Å². The van der Waals surface area contributed by atoms with Gasteiger partial charge in [0.2, 0.25) is 0 Å². The minimum Gasteiger partial charge on any atom is -0.480 e. The molecule has 1 saturated heterocycles. The molecule has 0 bridgehead atoms. The Hall–Kier alpha value is -1.15. The summed E-state index contributed by atoms with van der Waals surface area (Å²) in [5, 5.41) is 20.9. The van der Waals surface area contributed by atoms with Crippen LogP contribution < -0.4 is 0 Å². The lowest BCUT2D eigenvalue weighted by atomic mass is 10.2. The summed E-state index contributed by atoms with van der Waals surface area (Å²) >= 11 is 1.69. The number of thioether (sulfide) groups is 1. The van der Waals surface area contributed by atoms with Gasteiger partial charge < -0.3 is 5.11 Å². The SMILES string of the molecule is O=C(O)C1CSCCN1Cc1nnnn1C1CC1. The Morgan fingerprint density at radius 1 is 1.50 bits per heavy atom. The lowest BCUT2D eigenvalue weighted by Crippen LogP contribution is -2.47. The first-order valence-corrected chi connectivity index (χ1v) is 7.22. The van der Waals surface area contributed by atoms with Crippen molar-refractivity contribution in [2.24, 2.45) is 0 Å². The van der Waals surface area contributed by atoms with Crippen molar-refractivity contribution in [1.82, 2.24) is 25.1 Å². The van der Waals surface area contributed by atoms with Gasteiger partial charge in [0.25, 0.3) is 0 Å².